The second-order valence-electron chi connectivity index (χ2n) is 6.53. The van der Waals surface area contributed by atoms with Gasteiger partial charge < -0.3 is 10.6 Å². The van der Waals surface area contributed by atoms with Gasteiger partial charge in [0.1, 0.15) is 16.7 Å². The molecule has 7 heteroatoms. The molecule has 1 aromatic heterocycles. The number of halogens is 3. The molecule has 4 rings (SSSR count). The molecule has 26 heavy (non-hydrogen) atoms. The maximum atomic E-state index is 14.2. The zero-order valence-electron chi connectivity index (χ0n) is 14.1. The van der Waals surface area contributed by atoms with E-state index in [0.29, 0.717) is 11.7 Å². The molecule has 1 aliphatic carbocycles. The van der Waals surface area contributed by atoms with Gasteiger partial charge in [0.15, 0.2) is 5.82 Å². The molecule has 134 valence electrons. The van der Waals surface area contributed by atoms with Crippen LogP contribution in [0.4, 0.5) is 26.2 Å². The summed E-state index contributed by atoms with van der Waals surface area (Å²) in [5, 5.41) is 6.57. The first-order chi connectivity index (χ1) is 12.5. The number of nitrogens with zero attached hydrogens (tertiary/aromatic N) is 2. The third-order valence-electron chi connectivity index (χ3n) is 4.58. The lowest BCUT2D eigenvalue weighted by molar-refractivity contribution is 0.586. The maximum Gasteiger partial charge on any atom is 0.229 e. The zero-order valence-corrected chi connectivity index (χ0v) is 14.8. The number of aromatic nitrogens is 2. The van der Waals surface area contributed by atoms with Crippen LogP contribution in [0.1, 0.15) is 19.8 Å². The van der Waals surface area contributed by atoms with Gasteiger partial charge in [-0.15, -0.1) is 0 Å². The van der Waals surface area contributed by atoms with Crippen LogP contribution >= 0.6 is 11.6 Å². The lowest BCUT2D eigenvalue weighted by Crippen LogP contribution is -2.19. The van der Waals surface area contributed by atoms with Gasteiger partial charge in [-0.05, 0) is 49.9 Å². The summed E-state index contributed by atoms with van der Waals surface area (Å²) in [5.41, 5.74) is 0.747. The molecule has 4 nitrogen and oxygen atoms in total. The van der Waals surface area contributed by atoms with Crippen LogP contribution in [-0.2, 0) is 0 Å². The molecule has 2 aromatic carbocycles. The van der Waals surface area contributed by atoms with E-state index < -0.39 is 16.7 Å². The van der Waals surface area contributed by atoms with Crippen molar-refractivity contribution in [1.82, 2.24) is 9.97 Å². The van der Waals surface area contributed by atoms with Crippen LogP contribution in [0.15, 0.2) is 36.4 Å². The fourth-order valence-electron chi connectivity index (χ4n) is 2.92. The molecule has 0 saturated heterocycles. The Morgan fingerprint density at radius 2 is 1.88 bits per heavy atom. The first-order valence-electron chi connectivity index (χ1n) is 8.47. The summed E-state index contributed by atoms with van der Waals surface area (Å²) in [6.07, 6.45) is 2.42. The Bertz CT molecular complexity index is 975. The lowest BCUT2D eigenvalue weighted by Gasteiger charge is -2.16. The molecule has 0 aliphatic heterocycles. The summed E-state index contributed by atoms with van der Waals surface area (Å²) in [6, 6.07) is 10.3. The molecule has 3 aromatic rings. The summed E-state index contributed by atoms with van der Waals surface area (Å²) in [5.74, 6) is -0.130. The molecule has 1 aliphatic rings. The lowest BCUT2D eigenvalue weighted by atomic mass is 10.2. The Labute approximate surface area is 154 Å². The first-order valence-corrected chi connectivity index (χ1v) is 8.84. The Hall–Kier alpha value is -2.47. The summed E-state index contributed by atoms with van der Waals surface area (Å²) in [7, 11) is 0. The molecule has 0 bridgehead atoms. The zero-order chi connectivity index (χ0) is 18.3. The molecule has 1 heterocycles. The van der Waals surface area contributed by atoms with Gasteiger partial charge in [0.25, 0.3) is 0 Å². The molecule has 0 spiro atoms. The van der Waals surface area contributed by atoms with Crippen LogP contribution in [0.3, 0.4) is 0 Å². The Balaban J connectivity index is 1.72. The Morgan fingerprint density at radius 3 is 2.65 bits per heavy atom. The number of fused-ring (bicyclic) bond motifs is 1. The van der Waals surface area contributed by atoms with E-state index in [1.165, 1.54) is 18.9 Å². The minimum absolute atomic E-state index is 0.0212. The van der Waals surface area contributed by atoms with Gasteiger partial charge in [0.05, 0.1) is 11.2 Å². The Morgan fingerprint density at radius 1 is 1.12 bits per heavy atom. The van der Waals surface area contributed by atoms with Gasteiger partial charge in [0, 0.05) is 11.4 Å². The SMILES string of the molecule is C[C@@H](Nc1nc(Nc2ccc(F)c(Cl)c2F)nc2ccccc12)C1CC1. The van der Waals surface area contributed by atoms with Gasteiger partial charge >= 0.3 is 0 Å². The standard InChI is InChI=1S/C19H17ClF2N4/c1-10(11-6-7-11)23-18-12-4-2-3-5-14(12)24-19(26-18)25-15-9-8-13(21)16(20)17(15)22/h2-5,8-11H,6-7H2,1H3,(H2,23,24,25,26)/t10-/m1/s1. The number of hydrogen-bond donors (Lipinski definition) is 2. The second-order valence-corrected chi connectivity index (χ2v) is 6.91. The number of benzene rings is 2. The van der Waals surface area contributed by atoms with Crippen molar-refractivity contribution in [3.8, 4) is 0 Å². The number of nitrogens with one attached hydrogen (secondary N) is 2. The number of para-hydroxylation sites is 1. The van der Waals surface area contributed by atoms with Crippen LogP contribution in [0.25, 0.3) is 10.9 Å². The number of rotatable bonds is 5. The summed E-state index contributed by atoms with van der Waals surface area (Å²) >= 11 is 5.64. The fourth-order valence-corrected chi connectivity index (χ4v) is 3.08. The highest BCUT2D eigenvalue weighted by molar-refractivity contribution is 6.31. The predicted octanol–water partition coefficient (Wildman–Crippen LogP) is 5.52. The van der Waals surface area contributed by atoms with E-state index in [4.69, 9.17) is 11.6 Å². The molecule has 2 N–H and O–H groups in total. The van der Waals surface area contributed by atoms with Crippen molar-refractivity contribution in [3.05, 3.63) is 53.1 Å². The Kier molecular flexibility index (Phi) is 4.36. The van der Waals surface area contributed by atoms with Gasteiger partial charge in [0.2, 0.25) is 5.95 Å². The third kappa shape index (κ3) is 3.29. The van der Waals surface area contributed by atoms with E-state index in [9.17, 15) is 8.78 Å². The van der Waals surface area contributed by atoms with E-state index in [-0.39, 0.29) is 17.7 Å². The minimum atomic E-state index is -0.871. The van der Waals surface area contributed by atoms with E-state index in [1.54, 1.807) is 0 Å². The molecule has 0 amide bonds. The predicted molar refractivity (Wildman–Crippen MR) is 100.0 cm³/mol. The van der Waals surface area contributed by atoms with Crippen LogP contribution in [0.5, 0.6) is 0 Å². The second kappa shape index (κ2) is 6.68. The molecule has 0 radical (unpaired) electrons. The van der Waals surface area contributed by atoms with Crippen molar-refractivity contribution in [2.45, 2.75) is 25.8 Å². The van der Waals surface area contributed by atoms with Crippen LogP contribution < -0.4 is 10.6 Å². The van der Waals surface area contributed by atoms with Crippen molar-refractivity contribution >= 4 is 40.0 Å². The molecule has 1 fully saturated rings. The smallest absolute Gasteiger partial charge is 0.229 e. The minimum Gasteiger partial charge on any atom is -0.367 e. The van der Waals surface area contributed by atoms with E-state index in [2.05, 4.69) is 27.5 Å². The van der Waals surface area contributed by atoms with Gasteiger partial charge in [-0.1, -0.05) is 23.7 Å². The average Bonchev–Trinajstić information content (AvgIpc) is 3.47. The molecular formula is C19H17ClF2N4. The summed E-state index contributed by atoms with van der Waals surface area (Å²) < 4.78 is 27.5. The maximum absolute atomic E-state index is 14.2. The van der Waals surface area contributed by atoms with Crippen molar-refractivity contribution in [2.24, 2.45) is 5.92 Å². The van der Waals surface area contributed by atoms with E-state index in [1.807, 2.05) is 24.3 Å². The van der Waals surface area contributed by atoms with Crippen molar-refractivity contribution in [2.75, 3.05) is 10.6 Å². The number of anilines is 3. The molecular weight excluding hydrogens is 358 g/mol. The number of hydrogen-bond acceptors (Lipinski definition) is 4. The normalized spacial score (nSPS) is 15.1. The largest absolute Gasteiger partial charge is 0.367 e. The van der Waals surface area contributed by atoms with Crippen molar-refractivity contribution in [3.63, 3.8) is 0 Å². The summed E-state index contributed by atoms with van der Waals surface area (Å²) in [4.78, 5) is 8.93. The van der Waals surface area contributed by atoms with Crippen molar-refractivity contribution in [1.29, 1.82) is 0 Å². The van der Waals surface area contributed by atoms with E-state index in [0.717, 1.165) is 17.0 Å². The summed E-state index contributed by atoms with van der Waals surface area (Å²) in [6.45, 7) is 2.13. The molecule has 1 atom stereocenters. The van der Waals surface area contributed by atoms with Gasteiger partial charge in [-0.2, -0.15) is 4.98 Å². The average molecular weight is 375 g/mol. The topological polar surface area (TPSA) is 49.8 Å². The van der Waals surface area contributed by atoms with Crippen LogP contribution in [0.2, 0.25) is 5.02 Å². The molecule has 1 saturated carbocycles. The molecule has 0 unspecified atom stereocenters. The van der Waals surface area contributed by atoms with Crippen LogP contribution in [-0.4, -0.2) is 16.0 Å². The van der Waals surface area contributed by atoms with Gasteiger partial charge in [-0.3, -0.25) is 0 Å². The fraction of sp³-hybridized carbons (Fsp3) is 0.263. The third-order valence-corrected chi connectivity index (χ3v) is 4.92. The van der Waals surface area contributed by atoms with Gasteiger partial charge in [-0.25, -0.2) is 13.8 Å². The monoisotopic (exact) mass is 374 g/mol. The highest BCUT2D eigenvalue weighted by atomic mass is 35.5. The van der Waals surface area contributed by atoms with E-state index >= 15 is 0 Å². The highest BCUT2D eigenvalue weighted by Crippen LogP contribution is 2.35. The highest BCUT2D eigenvalue weighted by Gasteiger charge is 2.28. The van der Waals surface area contributed by atoms with Crippen molar-refractivity contribution < 1.29 is 8.78 Å². The quantitative estimate of drug-likeness (QED) is 0.578. The first kappa shape index (κ1) is 17.0. The van der Waals surface area contributed by atoms with Crippen LogP contribution in [0, 0.1) is 17.6 Å².